The Kier molecular flexibility index (Phi) is 5.83. The van der Waals surface area contributed by atoms with Gasteiger partial charge >= 0.3 is 0 Å². The first-order valence-electron chi connectivity index (χ1n) is 7.80. The predicted molar refractivity (Wildman–Crippen MR) is 93.6 cm³/mol. The second-order valence-corrected chi connectivity index (χ2v) is 7.67. The molecule has 3 nitrogen and oxygen atoms in total. The Bertz CT molecular complexity index is 446. The van der Waals surface area contributed by atoms with Crippen LogP contribution in [-0.2, 0) is 6.42 Å². The summed E-state index contributed by atoms with van der Waals surface area (Å²) < 4.78 is 1.13. The van der Waals surface area contributed by atoms with Crippen molar-refractivity contribution in [1.82, 2.24) is 9.80 Å². The fraction of sp³-hybridized carbons (Fsp3) is 0.647. The van der Waals surface area contributed by atoms with Crippen LogP contribution in [0.3, 0.4) is 0 Å². The molecule has 4 heteroatoms. The number of hydrogen-bond acceptors (Lipinski definition) is 3. The highest BCUT2D eigenvalue weighted by molar-refractivity contribution is 9.10. The van der Waals surface area contributed by atoms with Crippen LogP contribution in [0.4, 0.5) is 0 Å². The molecule has 1 aliphatic heterocycles. The molecule has 1 aliphatic rings. The quantitative estimate of drug-likeness (QED) is 0.853. The minimum atomic E-state index is 0.0466. The van der Waals surface area contributed by atoms with E-state index in [2.05, 4.69) is 71.0 Å². The van der Waals surface area contributed by atoms with Gasteiger partial charge in [-0.2, -0.15) is 0 Å². The first-order valence-corrected chi connectivity index (χ1v) is 8.60. The van der Waals surface area contributed by atoms with Crippen LogP contribution in [0.25, 0.3) is 0 Å². The summed E-state index contributed by atoms with van der Waals surface area (Å²) in [6.45, 7) is 5.31. The van der Waals surface area contributed by atoms with E-state index in [4.69, 9.17) is 5.73 Å². The molecule has 2 rings (SSSR count). The molecule has 1 aromatic rings. The summed E-state index contributed by atoms with van der Waals surface area (Å²) in [4.78, 5) is 4.94. The first-order chi connectivity index (χ1) is 9.94. The molecule has 0 saturated carbocycles. The minimum Gasteiger partial charge on any atom is -0.329 e. The molecule has 1 fully saturated rings. The summed E-state index contributed by atoms with van der Waals surface area (Å²) in [5, 5.41) is 0. The fourth-order valence-corrected chi connectivity index (χ4v) is 3.76. The number of hydrogen-bond donors (Lipinski definition) is 1. The molecule has 2 unspecified atom stereocenters. The Morgan fingerprint density at radius 2 is 2.00 bits per heavy atom. The van der Waals surface area contributed by atoms with Crippen molar-refractivity contribution in [3.8, 4) is 0 Å². The summed E-state index contributed by atoms with van der Waals surface area (Å²) >= 11 is 3.50. The lowest BCUT2D eigenvalue weighted by Crippen LogP contribution is -2.56. The average molecular weight is 354 g/mol. The van der Waals surface area contributed by atoms with E-state index in [9.17, 15) is 0 Å². The molecule has 0 amide bonds. The van der Waals surface area contributed by atoms with Crippen LogP contribution in [0.15, 0.2) is 28.7 Å². The van der Waals surface area contributed by atoms with Crippen LogP contribution in [0.1, 0.15) is 25.3 Å². The van der Waals surface area contributed by atoms with E-state index < -0.39 is 0 Å². The number of nitrogens with two attached hydrogens (primary N) is 1. The third-order valence-corrected chi connectivity index (χ3v) is 5.11. The SMILES string of the molecule is CN(C)CC1CCCN1C(C)(CN)Cc1ccc(Br)cc1. The lowest BCUT2D eigenvalue weighted by atomic mass is 9.90. The highest BCUT2D eigenvalue weighted by atomic mass is 79.9. The molecular formula is C17H28BrN3. The molecule has 0 bridgehead atoms. The molecule has 1 heterocycles. The smallest absolute Gasteiger partial charge is 0.0347 e. The van der Waals surface area contributed by atoms with E-state index in [0.29, 0.717) is 12.6 Å². The van der Waals surface area contributed by atoms with Gasteiger partial charge in [-0.25, -0.2) is 0 Å². The number of rotatable bonds is 6. The Morgan fingerprint density at radius 3 is 2.57 bits per heavy atom. The summed E-state index contributed by atoms with van der Waals surface area (Å²) in [5.74, 6) is 0. The molecule has 2 N–H and O–H groups in total. The number of likely N-dealkylation sites (tertiary alicyclic amines) is 1. The van der Waals surface area contributed by atoms with Gasteiger partial charge < -0.3 is 10.6 Å². The van der Waals surface area contributed by atoms with Crippen molar-refractivity contribution in [2.75, 3.05) is 33.7 Å². The summed E-state index contributed by atoms with van der Waals surface area (Å²) in [6.07, 6.45) is 3.59. The fourth-order valence-electron chi connectivity index (χ4n) is 3.49. The second-order valence-electron chi connectivity index (χ2n) is 6.76. The maximum atomic E-state index is 6.19. The van der Waals surface area contributed by atoms with Crippen molar-refractivity contribution in [2.45, 2.75) is 37.8 Å². The van der Waals surface area contributed by atoms with Crippen molar-refractivity contribution in [3.05, 3.63) is 34.3 Å². The molecule has 0 spiro atoms. The second kappa shape index (κ2) is 7.23. The van der Waals surface area contributed by atoms with Gasteiger partial charge in [-0.05, 0) is 64.5 Å². The average Bonchev–Trinajstić information content (AvgIpc) is 2.89. The molecule has 1 saturated heterocycles. The summed E-state index contributed by atoms with van der Waals surface area (Å²) in [5.41, 5.74) is 7.60. The van der Waals surface area contributed by atoms with Crippen molar-refractivity contribution in [2.24, 2.45) is 5.73 Å². The zero-order valence-electron chi connectivity index (χ0n) is 13.5. The van der Waals surface area contributed by atoms with Gasteiger partial charge in [-0.1, -0.05) is 28.1 Å². The van der Waals surface area contributed by atoms with Crippen LogP contribution >= 0.6 is 15.9 Å². The topological polar surface area (TPSA) is 32.5 Å². The summed E-state index contributed by atoms with van der Waals surface area (Å²) in [7, 11) is 4.32. The van der Waals surface area contributed by atoms with Crippen molar-refractivity contribution in [1.29, 1.82) is 0 Å². The van der Waals surface area contributed by atoms with Gasteiger partial charge in [0.15, 0.2) is 0 Å². The van der Waals surface area contributed by atoms with E-state index in [1.165, 1.54) is 24.9 Å². The molecule has 0 radical (unpaired) electrons. The van der Waals surface area contributed by atoms with Gasteiger partial charge in [-0.15, -0.1) is 0 Å². The van der Waals surface area contributed by atoms with Crippen LogP contribution in [0.5, 0.6) is 0 Å². The number of likely N-dealkylation sites (N-methyl/N-ethyl adjacent to an activating group) is 1. The monoisotopic (exact) mass is 353 g/mol. The van der Waals surface area contributed by atoms with Crippen molar-refractivity contribution in [3.63, 3.8) is 0 Å². The highest BCUT2D eigenvalue weighted by Crippen LogP contribution is 2.30. The van der Waals surface area contributed by atoms with Crippen LogP contribution in [-0.4, -0.2) is 55.1 Å². The number of benzene rings is 1. The lowest BCUT2D eigenvalue weighted by molar-refractivity contribution is 0.0815. The van der Waals surface area contributed by atoms with Gasteiger partial charge in [0.1, 0.15) is 0 Å². The zero-order chi connectivity index (χ0) is 15.5. The third-order valence-electron chi connectivity index (χ3n) is 4.58. The Labute approximate surface area is 137 Å². The van der Waals surface area contributed by atoms with E-state index in [1.807, 2.05) is 0 Å². The zero-order valence-corrected chi connectivity index (χ0v) is 15.1. The maximum absolute atomic E-state index is 6.19. The van der Waals surface area contributed by atoms with Gasteiger partial charge in [0.05, 0.1) is 0 Å². The van der Waals surface area contributed by atoms with E-state index >= 15 is 0 Å². The Morgan fingerprint density at radius 1 is 1.33 bits per heavy atom. The normalized spacial score (nSPS) is 22.7. The molecular weight excluding hydrogens is 326 g/mol. The predicted octanol–water partition coefficient (Wildman–Crippen LogP) is 2.74. The minimum absolute atomic E-state index is 0.0466. The molecule has 118 valence electrons. The third kappa shape index (κ3) is 4.28. The van der Waals surface area contributed by atoms with Crippen molar-refractivity contribution < 1.29 is 0 Å². The molecule has 1 aromatic carbocycles. The maximum Gasteiger partial charge on any atom is 0.0347 e. The van der Waals surface area contributed by atoms with Crippen LogP contribution in [0.2, 0.25) is 0 Å². The Balaban J connectivity index is 2.13. The molecule has 21 heavy (non-hydrogen) atoms. The standard InChI is InChI=1S/C17H28BrN3/c1-17(13-19,11-14-6-8-15(18)9-7-14)21-10-4-5-16(21)12-20(2)3/h6-9,16H,4-5,10-13,19H2,1-3H3. The van der Waals surface area contributed by atoms with Crippen LogP contribution < -0.4 is 5.73 Å². The van der Waals surface area contributed by atoms with Crippen molar-refractivity contribution >= 4 is 15.9 Å². The van der Waals surface area contributed by atoms with Gasteiger partial charge in [0.2, 0.25) is 0 Å². The van der Waals surface area contributed by atoms with Gasteiger partial charge in [0.25, 0.3) is 0 Å². The Hall–Kier alpha value is -0.420. The highest BCUT2D eigenvalue weighted by Gasteiger charge is 2.38. The largest absolute Gasteiger partial charge is 0.329 e. The van der Waals surface area contributed by atoms with E-state index in [0.717, 1.165) is 17.4 Å². The number of halogens is 1. The van der Waals surface area contributed by atoms with E-state index in [1.54, 1.807) is 0 Å². The van der Waals surface area contributed by atoms with Crippen LogP contribution in [0, 0.1) is 0 Å². The number of nitrogens with zero attached hydrogens (tertiary/aromatic N) is 2. The molecule has 0 aliphatic carbocycles. The lowest BCUT2D eigenvalue weighted by Gasteiger charge is -2.43. The van der Waals surface area contributed by atoms with Gasteiger partial charge in [-0.3, -0.25) is 4.90 Å². The molecule has 2 atom stereocenters. The van der Waals surface area contributed by atoms with Gasteiger partial charge in [0, 0.05) is 29.1 Å². The molecule has 0 aromatic heterocycles. The first kappa shape index (κ1) is 16.9. The van der Waals surface area contributed by atoms with E-state index in [-0.39, 0.29) is 5.54 Å². The summed E-state index contributed by atoms with van der Waals surface area (Å²) in [6, 6.07) is 9.27.